The van der Waals surface area contributed by atoms with E-state index < -0.39 is 233 Å². The van der Waals surface area contributed by atoms with Gasteiger partial charge in [0.05, 0.1) is 30.1 Å². The lowest BCUT2D eigenvalue weighted by atomic mass is 9.78. The first kappa shape index (κ1) is 118. The van der Waals surface area contributed by atoms with Crippen LogP contribution < -0.4 is 91.2 Å². The standard InChI is InChI=1S/C92H133N17O22S2.C5H11NO/c1-50(2)40-69(102-58(10)112)86(127)107-75(57(9)111)88(129)105-71(42-60-24-17-16-18-25-60)87(128)109-92(12)49-133-39-22-15-13-14-21-38-132-48-91(11,89(130)101-56(8)81(122)100-55(7)80(121)99-54(6)79(120)98-53(5)78(119)96-51(3)47-110)108-82(123)63(41-59-26-23-27-59)46-95-67(34-36-73(93)114)77(118)76(117)52(4)97-84(125)72(44-62-45-94-66-29-20-19-28-65(62)66)104-85(126)70(43-61-30-32-64(113)33-31-61)103-83(124)68(106-90(92)131)35-37-74(115)116;1-3-4(2)5(6)7/h16-20,24-25,28-33,45,47,50-57,59,63,67-72,75,94-95,111,113H,13-15,21-23,26-27,34-44,46,48-49H2,1-12H3,(H2,93,114)(H,96,119)(H,97,125)(H,98,120)(H,99,121)(H,100,122)(H,101,130)(H,102,112)(H,103,124)(H,104,126)(H,105,129)(H,106,131)(H,107,127)(H,108,123)(H,109,128)(H,115,116);4H,3H2,1-2H3,(H2,6,7)/t51?,52?,53-,54?,55-,56?,57+,63+,67-,68-,69-,70?,71-,72-,75-,91-,92+;4-/m00/s1. The molecule has 3 aromatic carbocycles. The summed E-state index contributed by atoms with van der Waals surface area (Å²) in [6.45, 7) is 20.3. The molecule has 2 aliphatic rings. The number of primary amides is 2. The van der Waals surface area contributed by atoms with Crippen LogP contribution >= 0.6 is 23.5 Å². The van der Waals surface area contributed by atoms with Gasteiger partial charge in [-0.15, -0.1) is 0 Å². The Balaban J connectivity index is 0.00000474. The normalized spacial score (nSPS) is 22.2. The number of Topliss-reactive ketones (excluding diaryl/α,β-unsaturated/α-hetero) is 2. The van der Waals surface area contributed by atoms with E-state index in [1.807, 2.05) is 13.8 Å². The number of carboxylic acids is 1. The van der Waals surface area contributed by atoms with Crippen molar-refractivity contribution in [3.8, 4) is 5.75 Å². The molecule has 43 heteroatoms. The van der Waals surface area contributed by atoms with Crippen LogP contribution in [0.4, 0.5) is 0 Å². The number of benzene rings is 3. The first-order valence-corrected chi connectivity index (χ1v) is 49.8. The molecule has 41 nitrogen and oxygen atoms in total. The Kier molecular flexibility index (Phi) is 49.5. The van der Waals surface area contributed by atoms with E-state index in [2.05, 4.69) is 84.7 Å². The van der Waals surface area contributed by atoms with E-state index in [-0.39, 0.29) is 79.6 Å². The molecule has 1 aliphatic carbocycles. The average molecular weight is 1990 g/mol. The summed E-state index contributed by atoms with van der Waals surface area (Å²) in [7, 11) is 0. The summed E-state index contributed by atoms with van der Waals surface area (Å²) >= 11 is 2.51. The fourth-order valence-corrected chi connectivity index (χ4v) is 17.3. The van der Waals surface area contributed by atoms with Crippen molar-refractivity contribution in [3.05, 3.63) is 102 Å². The number of aliphatic hydroxyl groups excluding tert-OH is 1. The average Bonchev–Trinajstić information content (AvgIpc) is 1.41. The molecule has 4 aromatic rings. The number of aldehydes is 1. The lowest BCUT2D eigenvalue weighted by Crippen LogP contribution is -2.66. The minimum Gasteiger partial charge on any atom is -0.508 e. The number of aliphatic carboxylic acids is 1. The molecular formula is C97H144N18O23S2. The zero-order valence-electron chi connectivity index (χ0n) is 82.3. The van der Waals surface area contributed by atoms with Crippen molar-refractivity contribution in [2.24, 2.45) is 35.1 Å². The number of hydrogen-bond acceptors (Lipinski definition) is 25. The maximum atomic E-state index is 15.6. The third-order valence-corrected chi connectivity index (χ3v) is 26.8. The van der Waals surface area contributed by atoms with Crippen molar-refractivity contribution >= 4 is 153 Å². The number of fused-ring (bicyclic) bond motifs is 1. The van der Waals surface area contributed by atoms with E-state index >= 15 is 28.8 Å². The Labute approximate surface area is 824 Å². The number of thioether (sulfide) groups is 2. The Morgan fingerprint density at radius 1 is 0.557 bits per heavy atom. The van der Waals surface area contributed by atoms with E-state index in [1.165, 1.54) is 117 Å². The van der Waals surface area contributed by atoms with Gasteiger partial charge in [-0.25, -0.2) is 0 Å². The second-order valence-corrected chi connectivity index (χ2v) is 39.3. The Hall–Kier alpha value is -12.4. The Bertz CT molecular complexity index is 4930. The number of amides is 16. The van der Waals surface area contributed by atoms with Gasteiger partial charge in [0.15, 0.2) is 0 Å². The number of phenols is 1. The fourth-order valence-electron chi connectivity index (χ4n) is 15.0. The Morgan fingerprint density at radius 3 is 1.64 bits per heavy atom. The van der Waals surface area contributed by atoms with Crippen LogP contribution in [0.15, 0.2) is 85.1 Å². The summed E-state index contributed by atoms with van der Waals surface area (Å²) in [6, 6.07) is 1.97. The van der Waals surface area contributed by atoms with Crippen molar-refractivity contribution in [2.45, 2.75) is 308 Å². The van der Waals surface area contributed by atoms with E-state index in [1.54, 1.807) is 74.6 Å². The van der Waals surface area contributed by atoms with E-state index in [9.17, 15) is 82.4 Å². The van der Waals surface area contributed by atoms with Crippen molar-refractivity contribution in [2.75, 3.05) is 29.6 Å². The zero-order chi connectivity index (χ0) is 104. The van der Waals surface area contributed by atoms with E-state index in [4.69, 9.17) is 11.5 Å². The molecule has 0 radical (unpaired) electrons. The summed E-state index contributed by atoms with van der Waals surface area (Å²) in [6.07, 6.45) is 3.72. The summed E-state index contributed by atoms with van der Waals surface area (Å²) < 4.78 is 0. The van der Waals surface area contributed by atoms with Gasteiger partial charge in [-0.05, 0) is 165 Å². The molecule has 1 saturated carbocycles. The number of hydrogen-bond donors (Lipinski definition) is 21. The van der Waals surface area contributed by atoms with Gasteiger partial charge in [0.2, 0.25) is 106 Å². The predicted molar refractivity (Wildman–Crippen MR) is 526 cm³/mol. The van der Waals surface area contributed by atoms with E-state index in [0.717, 1.165) is 25.7 Å². The molecular weight excluding hydrogens is 1850 g/mol. The van der Waals surface area contributed by atoms with Crippen LogP contribution in [0.1, 0.15) is 210 Å². The van der Waals surface area contributed by atoms with Gasteiger partial charge < -0.3 is 116 Å². The van der Waals surface area contributed by atoms with Gasteiger partial charge in [-0.1, -0.05) is 127 Å². The maximum Gasteiger partial charge on any atom is 0.303 e. The quantitative estimate of drug-likeness (QED) is 0.0223. The topological polar surface area (TPSA) is 650 Å². The highest BCUT2D eigenvalue weighted by molar-refractivity contribution is 7.99. The molecule has 16 amide bonds. The molecule has 0 bridgehead atoms. The number of carboxylic acid groups (broad SMARTS) is 1. The number of aromatic amines is 1. The molecule has 140 heavy (non-hydrogen) atoms. The lowest BCUT2D eigenvalue weighted by molar-refractivity contribution is -0.140. The number of phenolic OH excluding ortho intramolecular Hbond substituents is 1. The summed E-state index contributed by atoms with van der Waals surface area (Å²) in [4.78, 5) is 280. The van der Waals surface area contributed by atoms with Crippen LogP contribution in [0.2, 0.25) is 0 Å². The molecule has 2 fully saturated rings. The van der Waals surface area contributed by atoms with Crippen LogP contribution in [0.3, 0.4) is 0 Å². The molecule has 1 saturated heterocycles. The number of rotatable bonds is 37. The van der Waals surface area contributed by atoms with Crippen LogP contribution in [0.5, 0.6) is 5.75 Å². The highest BCUT2D eigenvalue weighted by atomic mass is 32.2. The van der Waals surface area contributed by atoms with Crippen molar-refractivity contribution < 1.29 is 111 Å². The lowest BCUT2D eigenvalue weighted by Gasteiger charge is -2.35. The fraction of sp³-hybridized carbons (Fsp3) is 0.588. The summed E-state index contributed by atoms with van der Waals surface area (Å²) in [5, 5.41) is 71.9. The number of para-hydroxylation sites is 1. The third kappa shape index (κ3) is 40.1. The van der Waals surface area contributed by atoms with Gasteiger partial charge in [0.25, 0.3) is 0 Å². The largest absolute Gasteiger partial charge is 0.508 e. The van der Waals surface area contributed by atoms with Crippen molar-refractivity contribution in [1.82, 2.24) is 84.7 Å². The molecule has 23 N–H and O–H groups in total. The number of aromatic hydroxyl groups is 1. The number of carbonyl (C=O) groups excluding carboxylic acids is 19. The number of ketones is 2. The number of carbonyl (C=O) groups is 20. The zero-order valence-corrected chi connectivity index (χ0v) is 83.9. The van der Waals surface area contributed by atoms with E-state index in [0.29, 0.717) is 77.5 Å². The number of aromatic nitrogens is 1. The van der Waals surface area contributed by atoms with Crippen LogP contribution in [0.25, 0.3) is 10.9 Å². The van der Waals surface area contributed by atoms with Crippen LogP contribution in [-0.2, 0) is 115 Å². The van der Waals surface area contributed by atoms with Gasteiger partial charge in [-0.2, -0.15) is 23.5 Å². The van der Waals surface area contributed by atoms with Gasteiger partial charge >= 0.3 is 5.97 Å². The van der Waals surface area contributed by atoms with Crippen molar-refractivity contribution in [1.29, 1.82) is 0 Å². The number of aliphatic hydroxyl groups is 1. The smallest absolute Gasteiger partial charge is 0.303 e. The van der Waals surface area contributed by atoms with Gasteiger partial charge in [-0.3, -0.25) is 91.1 Å². The number of nitrogens with two attached hydrogens (primary N) is 2. The van der Waals surface area contributed by atoms with Crippen LogP contribution in [0, 0.1) is 23.7 Å². The second kappa shape index (κ2) is 58.6. The second-order valence-electron chi connectivity index (χ2n) is 37.1. The molecule has 6 rings (SSSR count). The first-order valence-electron chi connectivity index (χ1n) is 47.5. The Morgan fingerprint density at radius 2 is 1.10 bits per heavy atom. The molecule has 5 unspecified atom stereocenters. The minimum atomic E-state index is -2.10. The molecule has 1 aromatic heterocycles. The number of H-pyrrole nitrogens is 1. The molecule has 772 valence electrons. The third-order valence-electron chi connectivity index (χ3n) is 24.0. The molecule has 2 heterocycles. The highest BCUT2D eigenvalue weighted by Crippen LogP contribution is 2.33. The van der Waals surface area contributed by atoms with Gasteiger partial charge in [0.1, 0.15) is 83.5 Å². The molecule has 1 aliphatic heterocycles. The van der Waals surface area contributed by atoms with Crippen LogP contribution in [-0.4, -0.2) is 264 Å². The van der Waals surface area contributed by atoms with Gasteiger partial charge in [0, 0.05) is 80.1 Å². The monoisotopic (exact) mass is 1990 g/mol. The molecule has 18 atom stereocenters. The molecule has 0 spiro atoms. The number of nitrogens with one attached hydrogen (secondary N) is 16. The SMILES string of the molecule is CC(=O)N[C@@H](CC(C)C)C(=O)N[C@H](C(=O)N[C@@H](Cc1ccccc1)C(=O)N[C@]1(C)CSCCCCCCCSC[C@@](C)(C(=O)NC(C)C(=O)N[C@@H](C)C(=O)NC(C)C(=O)N[C@@H](C)C(=O)NC(C)C=O)NC(=O)[C@H](CC2CCC2)CN[C@@H](CCC(N)=O)C(=O)C(=O)C(C)NC(=O)[C@H](Cc2c[nH]c3ccccc23)NC(=O)C(Cc2ccc(O)cc2)NC(=O)[C@H](CCC(=O)O)NC1=O)[C@@H](C)O.CC[C@H](C)C(N)=O. The van der Waals surface area contributed by atoms with Crippen molar-refractivity contribution in [3.63, 3.8) is 0 Å². The minimum absolute atomic E-state index is 0.00943. The predicted octanol–water partition coefficient (Wildman–Crippen LogP) is 1.22. The highest BCUT2D eigenvalue weighted by Gasteiger charge is 2.44. The summed E-state index contributed by atoms with van der Waals surface area (Å²) in [5.41, 5.74) is 8.52. The maximum absolute atomic E-state index is 15.6. The first-order chi connectivity index (χ1) is 66.0. The summed E-state index contributed by atoms with van der Waals surface area (Å²) in [5.74, 6) is -18.1.